The van der Waals surface area contributed by atoms with E-state index in [9.17, 15) is 5.11 Å². The van der Waals surface area contributed by atoms with Crippen LogP contribution in [0.15, 0.2) is 16.7 Å². The van der Waals surface area contributed by atoms with Crippen molar-refractivity contribution in [3.05, 3.63) is 16.7 Å². The Morgan fingerprint density at radius 2 is 2.27 bits per heavy atom. The first-order chi connectivity index (χ1) is 4.74. The smallest absolute Gasteiger partial charge is 0.869 e. The van der Waals surface area contributed by atoms with Crippen molar-refractivity contribution in [1.82, 2.24) is 4.98 Å². The first-order valence-electron chi connectivity index (χ1n) is 2.60. The zero-order valence-electron chi connectivity index (χ0n) is 6.30. The van der Waals surface area contributed by atoms with Gasteiger partial charge in [-0.1, -0.05) is 0 Å². The maximum absolute atomic E-state index is 10.9. The van der Waals surface area contributed by atoms with Gasteiger partial charge in [-0.15, -0.1) is 0 Å². The summed E-state index contributed by atoms with van der Waals surface area (Å²) in [5.41, 5.74) is 0. The van der Waals surface area contributed by atoms with Gasteiger partial charge in [0.05, 0.1) is 7.11 Å². The van der Waals surface area contributed by atoms with E-state index in [0.717, 1.165) is 0 Å². The summed E-state index contributed by atoms with van der Waals surface area (Å²) in [6.45, 7) is 0. The summed E-state index contributed by atoms with van der Waals surface area (Å²) < 4.78 is 5.32. The van der Waals surface area contributed by atoms with Gasteiger partial charge in [-0.2, -0.15) is 0 Å². The zero-order valence-corrected chi connectivity index (χ0v) is 12.8. The Morgan fingerprint density at radius 1 is 1.64 bits per heavy atom. The van der Waals surface area contributed by atoms with Crippen LogP contribution in [-0.4, -0.2) is 12.1 Å². The summed E-state index contributed by atoms with van der Waals surface area (Å²) in [7, 11) is 1.41. The SMILES string of the molecule is COc1ncc(Br)cc1[O-].[Rb+]. The van der Waals surface area contributed by atoms with Crippen LogP contribution in [0.2, 0.25) is 0 Å². The second kappa shape index (κ2) is 5.64. The van der Waals surface area contributed by atoms with Crippen molar-refractivity contribution in [2.75, 3.05) is 7.11 Å². The van der Waals surface area contributed by atoms with Crippen LogP contribution in [0.3, 0.4) is 0 Å². The third kappa shape index (κ3) is 3.50. The topological polar surface area (TPSA) is 45.2 Å². The number of aromatic nitrogens is 1. The minimum absolute atomic E-state index is 0. The van der Waals surface area contributed by atoms with Gasteiger partial charge in [0.1, 0.15) is 0 Å². The summed E-state index contributed by atoms with van der Waals surface area (Å²) in [5, 5.41) is 10.9. The van der Waals surface area contributed by atoms with Crippen molar-refractivity contribution < 1.29 is 68.0 Å². The van der Waals surface area contributed by atoms with Gasteiger partial charge in [0.15, 0.2) is 0 Å². The van der Waals surface area contributed by atoms with E-state index in [0.29, 0.717) is 4.47 Å². The molecule has 0 atom stereocenters. The molecular formula is C6H5BrNO2Rb. The summed E-state index contributed by atoms with van der Waals surface area (Å²) >= 11 is 3.11. The van der Waals surface area contributed by atoms with E-state index in [2.05, 4.69) is 25.7 Å². The van der Waals surface area contributed by atoms with Crippen LogP contribution < -0.4 is 68.0 Å². The van der Waals surface area contributed by atoms with E-state index in [1.54, 1.807) is 0 Å². The molecule has 0 aromatic carbocycles. The molecule has 0 unspecified atom stereocenters. The monoisotopic (exact) mass is 287 g/mol. The minimum atomic E-state index is -0.211. The molecule has 1 heterocycles. The van der Waals surface area contributed by atoms with E-state index in [1.807, 2.05) is 0 Å². The van der Waals surface area contributed by atoms with Gasteiger partial charge in [-0.25, -0.2) is 4.98 Å². The molecule has 0 spiro atoms. The maximum Gasteiger partial charge on any atom is 1.00 e. The maximum atomic E-state index is 10.9. The van der Waals surface area contributed by atoms with Crippen molar-refractivity contribution in [1.29, 1.82) is 0 Å². The molecule has 3 nitrogen and oxygen atoms in total. The van der Waals surface area contributed by atoms with Crippen molar-refractivity contribution in [2.45, 2.75) is 0 Å². The Hall–Kier alpha value is 1.04. The van der Waals surface area contributed by atoms with Crippen LogP contribution in [0.1, 0.15) is 0 Å². The molecular weight excluding hydrogens is 283 g/mol. The third-order valence-electron chi connectivity index (χ3n) is 0.978. The number of hydrogen-bond donors (Lipinski definition) is 0. The molecule has 0 saturated heterocycles. The second-order valence-corrected chi connectivity index (χ2v) is 2.58. The fourth-order valence-electron chi connectivity index (χ4n) is 0.561. The fraction of sp³-hybridized carbons (Fsp3) is 0.167. The molecule has 0 aliphatic carbocycles. The second-order valence-electron chi connectivity index (χ2n) is 1.66. The number of hydrogen-bond acceptors (Lipinski definition) is 3. The molecule has 5 heteroatoms. The predicted octanol–water partition coefficient (Wildman–Crippen LogP) is -2.07. The first-order valence-corrected chi connectivity index (χ1v) is 3.40. The molecule has 0 radical (unpaired) electrons. The molecule has 0 amide bonds. The Labute approximate surface area is 122 Å². The largest absolute Gasteiger partial charge is 1.00 e. The molecule has 11 heavy (non-hydrogen) atoms. The van der Waals surface area contributed by atoms with Gasteiger partial charge < -0.3 is 9.84 Å². The number of pyridine rings is 1. The average Bonchev–Trinajstić information content (AvgIpc) is 1.88. The Bertz CT molecular complexity index is 244. The Kier molecular flexibility index (Phi) is 6.17. The van der Waals surface area contributed by atoms with Gasteiger partial charge in [-0.05, 0) is 27.7 Å². The van der Waals surface area contributed by atoms with Crippen LogP contribution in [-0.2, 0) is 0 Å². The zero-order chi connectivity index (χ0) is 7.56. The molecule has 0 saturated carbocycles. The Morgan fingerprint density at radius 3 is 2.73 bits per heavy atom. The molecule has 1 aromatic heterocycles. The number of methoxy groups -OCH3 is 1. The molecule has 0 fully saturated rings. The van der Waals surface area contributed by atoms with Crippen LogP contribution in [0, 0.1) is 0 Å². The summed E-state index contributed by atoms with van der Waals surface area (Å²) in [4.78, 5) is 3.71. The molecule has 0 aliphatic rings. The molecule has 1 rings (SSSR count). The van der Waals surface area contributed by atoms with Gasteiger partial charge in [0.25, 0.3) is 0 Å². The molecule has 1 aromatic rings. The van der Waals surface area contributed by atoms with Gasteiger partial charge >= 0.3 is 58.2 Å². The van der Waals surface area contributed by atoms with Crippen molar-refractivity contribution in [3.8, 4) is 11.6 Å². The van der Waals surface area contributed by atoms with Gasteiger partial charge in [0.2, 0.25) is 5.88 Å². The number of nitrogens with zero attached hydrogens (tertiary/aromatic N) is 1. The van der Waals surface area contributed by atoms with E-state index in [-0.39, 0.29) is 69.8 Å². The van der Waals surface area contributed by atoms with Gasteiger partial charge in [0, 0.05) is 10.7 Å². The number of halogens is 1. The number of ether oxygens (including phenoxy) is 1. The molecule has 0 aliphatic heterocycles. The van der Waals surface area contributed by atoms with Crippen LogP contribution in [0.4, 0.5) is 0 Å². The van der Waals surface area contributed by atoms with Crippen molar-refractivity contribution in [3.63, 3.8) is 0 Å². The van der Waals surface area contributed by atoms with Crippen LogP contribution in [0.5, 0.6) is 11.6 Å². The number of rotatable bonds is 1. The summed E-state index contributed by atoms with van der Waals surface area (Å²) in [6, 6.07) is 1.41. The molecule has 54 valence electrons. The third-order valence-corrected chi connectivity index (χ3v) is 1.41. The van der Waals surface area contributed by atoms with Crippen LogP contribution >= 0.6 is 15.9 Å². The minimum Gasteiger partial charge on any atom is -0.869 e. The van der Waals surface area contributed by atoms with E-state index >= 15 is 0 Å². The summed E-state index contributed by atoms with van der Waals surface area (Å²) in [5.74, 6) is -0.0833. The fourth-order valence-corrected chi connectivity index (χ4v) is 0.872. The van der Waals surface area contributed by atoms with Gasteiger partial charge in [-0.3, -0.25) is 0 Å². The van der Waals surface area contributed by atoms with E-state index in [4.69, 9.17) is 0 Å². The quantitative estimate of drug-likeness (QED) is 0.596. The predicted molar refractivity (Wildman–Crippen MR) is 37.9 cm³/mol. The normalized spacial score (nSPS) is 8.55. The molecule has 0 bridgehead atoms. The van der Waals surface area contributed by atoms with Crippen LogP contribution in [0.25, 0.3) is 0 Å². The van der Waals surface area contributed by atoms with E-state index < -0.39 is 0 Å². The first kappa shape index (κ1) is 12.0. The average molecular weight is 288 g/mol. The Balaban J connectivity index is 0.000001000. The van der Waals surface area contributed by atoms with Crippen molar-refractivity contribution in [2.24, 2.45) is 0 Å². The summed E-state index contributed by atoms with van der Waals surface area (Å²) in [6.07, 6.45) is 1.51. The standard InChI is InChI=1S/C6H6BrNO2.Rb/c1-10-6-5(9)2-4(7)3-8-6;/h2-3,9H,1H3;/q;+1/p-1. The van der Waals surface area contributed by atoms with E-state index in [1.165, 1.54) is 19.4 Å². The molecule has 0 N–H and O–H groups in total. The van der Waals surface area contributed by atoms with Crippen molar-refractivity contribution >= 4 is 15.9 Å².